The van der Waals surface area contributed by atoms with Gasteiger partial charge in [-0.3, -0.25) is 9.89 Å². The number of thioether (sulfide) groups is 1. The fourth-order valence-electron chi connectivity index (χ4n) is 3.16. The normalized spacial score (nSPS) is 13.4. The summed E-state index contributed by atoms with van der Waals surface area (Å²) >= 11 is 1.37. The van der Waals surface area contributed by atoms with Gasteiger partial charge in [0.15, 0.2) is 11.6 Å². The molecule has 126 valence electrons. The predicted octanol–water partition coefficient (Wildman–Crippen LogP) is 4.33. The predicted molar refractivity (Wildman–Crippen MR) is 100.0 cm³/mol. The number of fused-ring (bicyclic) bond motifs is 1. The Kier molecular flexibility index (Phi) is 4.65. The molecule has 0 atom stereocenters. The number of hydrogen-bond donors (Lipinski definition) is 1. The second-order valence-corrected chi connectivity index (χ2v) is 7.18. The lowest BCUT2D eigenvalue weighted by Crippen LogP contribution is -2.07. The zero-order valence-corrected chi connectivity index (χ0v) is 14.7. The molecule has 4 nitrogen and oxygen atoms in total. The van der Waals surface area contributed by atoms with Gasteiger partial charge in [0, 0.05) is 11.1 Å². The molecule has 0 amide bonds. The molecule has 1 aliphatic carbocycles. The summed E-state index contributed by atoms with van der Waals surface area (Å²) in [6, 6.07) is 16.0. The number of hydrogen-bond acceptors (Lipinski definition) is 4. The molecule has 0 unspecified atom stereocenters. The maximum Gasteiger partial charge on any atom is 0.209 e. The summed E-state index contributed by atoms with van der Waals surface area (Å²) in [5.74, 6) is 1.21. The number of carbonyl (C=O) groups excluding carboxylic acids is 1. The topological polar surface area (TPSA) is 58.6 Å². The van der Waals surface area contributed by atoms with Gasteiger partial charge in [0.2, 0.25) is 5.16 Å². The third kappa shape index (κ3) is 3.66. The largest absolute Gasteiger partial charge is 0.293 e. The molecule has 2 aromatic carbocycles. The lowest BCUT2D eigenvalue weighted by atomic mass is 9.90. The van der Waals surface area contributed by atoms with Gasteiger partial charge in [-0.2, -0.15) is 0 Å². The number of carbonyl (C=O) groups is 1. The van der Waals surface area contributed by atoms with Crippen LogP contribution in [0.4, 0.5) is 0 Å². The molecule has 0 spiro atoms. The SMILES string of the molecule is O=C(CSc1n[nH]c(-c2ccccc2)n1)c1ccc2c(c1)CCCC2. The zero-order valence-electron chi connectivity index (χ0n) is 13.9. The highest BCUT2D eigenvalue weighted by Gasteiger charge is 2.14. The van der Waals surface area contributed by atoms with E-state index in [9.17, 15) is 4.79 Å². The molecule has 0 saturated heterocycles. The van der Waals surface area contributed by atoms with Gasteiger partial charge in [-0.25, -0.2) is 4.98 Å². The Labute approximate surface area is 151 Å². The number of benzene rings is 2. The van der Waals surface area contributed by atoms with Crippen LogP contribution in [-0.4, -0.2) is 26.7 Å². The van der Waals surface area contributed by atoms with Crippen LogP contribution < -0.4 is 0 Å². The van der Waals surface area contributed by atoms with Crippen LogP contribution in [0.2, 0.25) is 0 Å². The van der Waals surface area contributed by atoms with Crippen molar-refractivity contribution >= 4 is 17.5 Å². The van der Waals surface area contributed by atoms with Gasteiger partial charge < -0.3 is 0 Å². The fraction of sp³-hybridized carbons (Fsp3) is 0.250. The summed E-state index contributed by atoms with van der Waals surface area (Å²) in [6.07, 6.45) is 4.70. The Hall–Kier alpha value is -2.40. The number of Topliss-reactive ketones (excluding diaryl/α,β-unsaturated/α-hetero) is 1. The Bertz CT molecular complexity index is 889. The summed E-state index contributed by atoms with van der Waals surface area (Å²) in [7, 11) is 0. The fourth-order valence-corrected chi connectivity index (χ4v) is 3.85. The van der Waals surface area contributed by atoms with Crippen LogP contribution in [0.5, 0.6) is 0 Å². The van der Waals surface area contributed by atoms with Crippen LogP contribution in [0.1, 0.15) is 34.3 Å². The Morgan fingerprint density at radius 1 is 1.04 bits per heavy atom. The van der Waals surface area contributed by atoms with E-state index in [1.807, 2.05) is 36.4 Å². The van der Waals surface area contributed by atoms with Crippen molar-refractivity contribution in [2.75, 3.05) is 5.75 Å². The molecule has 0 aliphatic heterocycles. The minimum Gasteiger partial charge on any atom is -0.293 e. The molecule has 4 rings (SSSR count). The summed E-state index contributed by atoms with van der Waals surface area (Å²) in [6.45, 7) is 0. The maximum absolute atomic E-state index is 12.5. The number of rotatable bonds is 5. The highest BCUT2D eigenvalue weighted by molar-refractivity contribution is 7.99. The second kappa shape index (κ2) is 7.23. The molecule has 25 heavy (non-hydrogen) atoms. The first kappa shape index (κ1) is 16.1. The number of aryl methyl sites for hydroxylation is 2. The van der Waals surface area contributed by atoms with Gasteiger partial charge in [-0.05, 0) is 42.9 Å². The summed E-state index contributed by atoms with van der Waals surface area (Å²) in [4.78, 5) is 17.0. The van der Waals surface area contributed by atoms with E-state index in [1.54, 1.807) is 0 Å². The number of aromatic amines is 1. The maximum atomic E-state index is 12.5. The minimum atomic E-state index is 0.129. The van der Waals surface area contributed by atoms with Gasteiger partial charge in [0.1, 0.15) is 0 Å². The average Bonchev–Trinajstić information content (AvgIpc) is 3.15. The van der Waals surface area contributed by atoms with E-state index in [0.717, 1.165) is 29.8 Å². The number of nitrogens with one attached hydrogen (secondary N) is 1. The molecule has 0 radical (unpaired) electrons. The molecule has 5 heteroatoms. The van der Waals surface area contributed by atoms with Crippen molar-refractivity contribution in [1.82, 2.24) is 15.2 Å². The summed E-state index contributed by atoms with van der Waals surface area (Å²) in [5, 5.41) is 7.74. The molecular formula is C20H19N3OS. The molecule has 1 aliphatic rings. The van der Waals surface area contributed by atoms with E-state index >= 15 is 0 Å². The van der Waals surface area contributed by atoms with E-state index in [2.05, 4.69) is 27.3 Å². The zero-order chi connectivity index (χ0) is 17.1. The van der Waals surface area contributed by atoms with E-state index in [-0.39, 0.29) is 5.78 Å². The monoisotopic (exact) mass is 349 g/mol. The molecule has 1 N–H and O–H groups in total. The van der Waals surface area contributed by atoms with Gasteiger partial charge >= 0.3 is 0 Å². The molecule has 0 fully saturated rings. The van der Waals surface area contributed by atoms with Crippen LogP contribution in [0.3, 0.4) is 0 Å². The van der Waals surface area contributed by atoms with Crippen molar-refractivity contribution in [3.63, 3.8) is 0 Å². The highest BCUT2D eigenvalue weighted by Crippen LogP contribution is 2.24. The van der Waals surface area contributed by atoms with Crippen LogP contribution in [0.25, 0.3) is 11.4 Å². The molecule has 0 bridgehead atoms. The second-order valence-electron chi connectivity index (χ2n) is 6.24. The van der Waals surface area contributed by atoms with Crippen molar-refractivity contribution in [2.24, 2.45) is 0 Å². The molecule has 1 aromatic heterocycles. The van der Waals surface area contributed by atoms with E-state index in [0.29, 0.717) is 10.9 Å². The first-order valence-electron chi connectivity index (χ1n) is 8.55. The van der Waals surface area contributed by atoms with Gasteiger partial charge in [-0.15, -0.1) is 5.10 Å². The third-order valence-corrected chi connectivity index (χ3v) is 5.36. The van der Waals surface area contributed by atoms with Gasteiger partial charge in [0.05, 0.1) is 5.75 Å². The number of nitrogens with zero attached hydrogens (tertiary/aromatic N) is 2. The minimum absolute atomic E-state index is 0.129. The van der Waals surface area contributed by atoms with Gasteiger partial charge in [-0.1, -0.05) is 54.2 Å². The Morgan fingerprint density at radius 2 is 1.84 bits per heavy atom. The van der Waals surface area contributed by atoms with Crippen LogP contribution in [0, 0.1) is 0 Å². The Balaban J connectivity index is 1.41. The smallest absolute Gasteiger partial charge is 0.209 e. The van der Waals surface area contributed by atoms with E-state index in [1.165, 1.54) is 35.7 Å². The van der Waals surface area contributed by atoms with Gasteiger partial charge in [0.25, 0.3) is 0 Å². The van der Waals surface area contributed by atoms with Crippen LogP contribution >= 0.6 is 11.8 Å². The first-order chi connectivity index (χ1) is 12.3. The average molecular weight is 349 g/mol. The van der Waals surface area contributed by atoms with Crippen molar-refractivity contribution in [2.45, 2.75) is 30.8 Å². The first-order valence-corrected chi connectivity index (χ1v) is 9.54. The molecule has 0 saturated carbocycles. The summed E-state index contributed by atoms with van der Waals surface area (Å²) < 4.78 is 0. The van der Waals surface area contributed by atoms with Crippen molar-refractivity contribution in [1.29, 1.82) is 0 Å². The third-order valence-electron chi connectivity index (χ3n) is 4.51. The standard InChI is InChI=1S/C20H19N3OS/c24-18(17-11-10-14-6-4-5-9-16(14)12-17)13-25-20-21-19(22-23-20)15-7-2-1-3-8-15/h1-3,7-8,10-12H,4-6,9,13H2,(H,21,22,23). The number of aromatic nitrogens is 3. The Morgan fingerprint density at radius 3 is 2.68 bits per heavy atom. The van der Waals surface area contributed by atoms with Crippen LogP contribution in [-0.2, 0) is 12.8 Å². The van der Waals surface area contributed by atoms with E-state index in [4.69, 9.17) is 0 Å². The lowest BCUT2D eigenvalue weighted by Gasteiger charge is -2.16. The van der Waals surface area contributed by atoms with Crippen molar-refractivity contribution < 1.29 is 4.79 Å². The van der Waals surface area contributed by atoms with Crippen molar-refractivity contribution in [3.8, 4) is 11.4 Å². The van der Waals surface area contributed by atoms with E-state index < -0.39 is 0 Å². The number of ketones is 1. The highest BCUT2D eigenvalue weighted by atomic mass is 32.2. The molecule has 3 aromatic rings. The summed E-state index contributed by atoms with van der Waals surface area (Å²) in [5.41, 5.74) is 4.53. The lowest BCUT2D eigenvalue weighted by molar-refractivity contribution is 0.102. The molecule has 1 heterocycles. The van der Waals surface area contributed by atoms with Crippen molar-refractivity contribution in [3.05, 3.63) is 65.2 Å². The number of H-pyrrole nitrogens is 1. The quantitative estimate of drug-likeness (QED) is 0.550. The van der Waals surface area contributed by atoms with Crippen LogP contribution in [0.15, 0.2) is 53.7 Å². The molecular weight excluding hydrogens is 330 g/mol.